The van der Waals surface area contributed by atoms with Crippen molar-refractivity contribution in [2.45, 2.75) is 25.4 Å². The molecule has 7 heteroatoms. The monoisotopic (exact) mass is 404 g/mol. The van der Waals surface area contributed by atoms with Gasteiger partial charge in [0.25, 0.3) is 0 Å². The topological polar surface area (TPSA) is 58.6 Å². The Morgan fingerprint density at radius 3 is 2.59 bits per heavy atom. The molecule has 0 unspecified atom stereocenters. The van der Waals surface area contributed by atoms with E-state index in [0.29, 0.717) is 6.10 Å². The number of nitrogens with zero attached hydrogens (tertiary/aromatic N) is 3. The summed E-state index contributed by atoms with van der Waals surface area (Å²) < 4.78 is 17.1. The molecule has 2 saturated heterocycles. The minimum absolute atomic E-state index is 0.377. The first-order chi connectivity index (χ1) is 14.3. The predicted octanol–water partition coefficient (Wildman–Crippen LogP) is 1.84. The van der Waals surface area contributed by atoms with Crippen LogP contribution in [0.4, 0.5) is 0 Å². The Kier molecular flexibility index (Phi) is 9.56. The van der Waals surface area contributed by atoms with E-state index in [-0.39, 0.29) is 0 Å². The van der Waals surface area contributed by atoms with Gasteiger partial charge in [0.05, 0.1) is 6.10 Å². The van der Waals surface area contributed by atoms with Gasteiger partial charge in [0.15, 0.2) is 5.96 Å². The molecule has 0 spiro atoms. The molecule has 29 heavy (non-hydrogen) atoms. The van der Waals surface area contributed by atoms with E-state index in [1.54, 1.807) is 0 Å². The van der Waals surface area contributed by atoms with Crippen LogP contribution >= 0.6 is 0 Å². The minimum atomic E-state index is 0.377. The zero-order chi connectivity index (χ0) is 20.2. The summed E-state index contributed by atoms with van der Waals surface area (Å²) in [4.78, 5) is 9.25. The van der Waals surface area contributed by atoms with E-state index in [9.17, 15) is 0 Å². The van der Waals surface area contributed by atoms with Crippen molar-refractivity contribution in [1.82, 2.24) is 15.1 Å². The van der Waals surface area contributed by atoms with E-state index in [1.165, 1.54) is 0 Å². The normalized spacial score (nSPS) is 19.3. The second kappa shape index (κ2) is 12.7. The molecule has 3 rings (SSSR count). The van der Waals surface area contributed by atoms with E-state index in [0.717, 1.165) is 96.7 Å². The summed E-state index contributed by atoms with van der Waals surface area (Å²) in [5, 5.41) is 3.48. The predicted molar refractivity (Wildman–Crippen MR) is 116 cm³/mol. The van der Waals surface area contributed by atoms with E-state index < -0.39 is 0 Å². The van der Waals surface area contributed by atoms with Crippen LogP contribution in [0, 0.1) is 0 Å². The van der Waals surface area contributed by atoms with Gasteiger partial charge in [-0.05, 0) is 31.4 Å². The van der Waals surface area contributed by atoms with Crippen LogP contribution in [0.1, 0.15) is 19.3 Å². The van der Waals surface area contributed by atoms with Gasteiger partial charge >= 0.3 is 0 Å². The largest absolute Gasteiger partial charge is 0.492 e. The number of benzene rings is 1. The second-order valence-corrected chi connectivity index (χ2v) is 7.50. The lowest BCUT2D eigenvalue weighted by Gasteiger charge is -2.36. The van der Waals surface area contributed by atoms with Crippen LogP contribution in [0.15, 0.2) is 35.3 Å². The Balaban J connectivity index is 1.25. The zero-order valence-corrected chi connectivity index (χ0v) is 17.7. The molecule has 162 valence electrons. The quantitative estimate of drug-likeness (QED) is 0.385. The molecule has 0 aromatic heterocycles. The Hall–Kier alpha value is -1.83. The SMILES string of the molecule is CN=C(NCCCOC1CCOCC1)N1CCN(CCOc2ccccc2)CC1. The summed E-state index contributed by atoms with van der Waals surface area (Å²) in [5.74, 6) is 1.94. The lowest BCUT2D eigenvalue weighted by molar-refractivity contribution is -0.0320. The smallest absolute Gasteiger partial charge is 0.193 e. The van der Waals surface area contributed by atoms with Crippen molar-refractivity contribution in [3.8, 4) is 5.75 Å². The first-order valence-corrected chi connectivity index (χ1v) is 10.9. The number of rotatable bonds is 9. The third-order valence-corrected chi connectivity index (χ3v) is 5.43. The minimum Gasteiger partial charge on any atom is -0.492 e. The van der Waals surface area contributed by atoms with Gasteiger partial charge in [0.2, 0.25) is 0 Å². The fourth-order valence-corrected chi connectivity index (χ4v) is 3.69. The summed E-state index contributed by atoms with van der Waals surface area (Å²) in [6.45, 7) is 9.08. The molecule has 2 fully saturated rings. The van der Waals surface area contributed by atoms with Crippen LogP contribution in [0.2, 0.25) is 0 Å². The number of ether oxygens (including phenoxy) is 3. The van der Waals surface area contributed by atoms with Crippen LogP contribution in [-0.4, -0.2) is 94.6 Å². The molecule has 0 amide bonds. The lowest BCUT2D eigenvalue weighted by Crippen LogP contribution is -2.53. The van der Waals surface area contributed by atoms with Crippen LogP contribution in [-0.2, 0) is 9.47 Å². The summed E-state index contributed by atoms with van der Waals surface area (Å²) in [6, 6.07) is 10.0. The molecule has 0 atom stereocenters. The van der Waals surface area contributed by atoms with Crippen molar-refractivity contribution in [2.75, 3.05) is 72.7 Å². The average molecular weight is 405 g/mol. The third kappa shape index (κ3) is 7.84. The summed E-state index contributed by atoms with van der Waals surface area (Å²) in [7, 11) is 1.86. The molecule has 0 bridgehead atoms. The summed E-state index contributed by atoms with van der Waals surface area (Å²) in [6.07, 6.45) is 3.42. The number of nitrogens with one attached hydrogen (secondary N) is 1. The van der Waals surface area contributed by atoms with Gasteiger partial charge in [-0.3, -0.25) is 9.89 Å². The number of para-hydroxylation sites is 1. The highest BCUT2D eigenvalue weighted by atomic mass is 16.5. The number of aliphatic imine (C=N–C) groups is 1. The summed E-state index contributed by atoms with van der Waals surface area (Å²) in [5.41, 5.74) is 0. The molecule has 1 N–H and O–H groups in total. The maximum Gasteiger partial charge on any atom is 0.193 e. The Bertz CT molecular complexity index is 585. The first kappa shape index (κ1) is 21.9. The van der Waals surface area contributed by atoms with Gasteiger partial charge in [0.1, 0.15) is 12.4 Å². The number of hydrogen-bond donors (Lipinski definition) is 1. The fourth-order valence-electron chi connectivity index (χ4n) is 3.69. The molecular formula is C22H36N4O3. The summed E-state index contributed by atoms with van der Waals surface area (Å²) >= 11 is 0. The van der Waals surface area contributed by atoms with Crippen molar-refractivity contribution < 1.29 is 14.2 Å². The van der Waals surface area contributed by atoms with E-state index >= 15 is 0 Å². The molecule has 2 aliphatic heterocycles. The van der Waals surface area contributed by atoms with Gasteiger partial charge in [-0.15, -0.1) is 0 Å². The molecule has 0 radical (unpaired) electrons. The molecule has 0 saturated carbocycles. The van der Waals surface area contributed by atoms with E-state index in [2.05, 4.69) is 20.1 Å². The highest BCUT2D eigenvalue weighted by molar-refractivity contribution is 5.79. The van der Waals surface area contributed by atoms with Crippen molar-refractivity contribution in [3.05, 3.63) is 30.3 Å². The second-order valence-electron chi connectivity index (χ2n) is 7.50. The Labute approximate surface area is 175 Å². The van der Waals surface area contributed by atoms with Crippen molar-refractivity contribution in [2.24, 2.45) is 4.99 Å². The maximum absolute atomic E-state index is 5.94. The number of piperazine rings is 1. The molecular weight excluding hydrogens is 368 g/mol. The standard InChI is InChI=1S/C22H36N4O3/c1-23-22(24-10-5-16-28-21-8-17-27-18-9-21)26-13-11-25(12-14-26)15-19-29-20-6-3-2-4-7-20/h2-4,6-7,21H,5,8-19H2,1H3,(H,23,24). The zero-order valence-electron chi connectivity index (χ0n) is 17.7. The fraction of sp³-hybridized carbons (Fsp3) is 0.682. The average Bonchev–Trinajstić information content (AvgIpc) is 2.78. The number of guanidine groups is 1. The van der Waals surface area contributed by atoms with Crippen LogP contribution in [0.3, 0.4) is 0 Å². The van der Waals surface area contributed by atoms with Crippen LogP contribution in [0.25, 0.3) is 0 Å². The highest BCUT2D eigenvalue weighted by Gasteiger charge is 2.19. The van der Waals surface area contributed by atoms with Crippen LogP contribution < -0.4 is 10.1 Å². The van der Waals surface area contributed by atoms with Gasteiger partial charge in [-0.2, -0.15) is 0 Å². The molecule has 0 aliphatic carbocycles. The number of hydrogen-bond acceptors (Lipinski definition) is 5. The molecule has 2 heterocycles. The van der Waals surface area contributed by atoms with Gasteiger partial charge < -0.3 is 24.4 Å². The van der Waals surface area contributed by atoms with Gasteiger partial charge in [-0.25, -0.2) is 0 Å². The first-order valence-electron chi connectivity index (χ1n) is 10.9. The van der Waals surface area contributed by atoms with E-state index in [4.69, 9.17) is 14.2 Å². The lowest BCUT2D eigenvalue weighted by atomic mass is 10.1. The Morgan fingerprint density at radius 1 is 1.10 bits per heavy atom. The van der Waals surface area contributed by atoms with E-state index in [1.807, 2.05) is 37.4 Å². The highest BCUT2D eigenvalue weighted by Crippen LogP contribution is 2.11. The van der Waals surface area contributed by atoms with Gasteiger partial charge in [-0.1, -0.05) is 18.2 Å². The molecule has 1 aromatic rings. The maximum atomic E-state index is 5.94. The third-order valence-electron chi connectivity index (χ3n) is 5.43. The van der Waals surface area contributed by atoms with Crippen molar-refractivity contribution in [3.63, 3.8) is 0 Å². The van der Waals surface area contributed by atoms with Crippen LogP contribution in [0.5, 0.6) is 5.75 Å². The van der Waals surface area contributed by atoms with Crippen molar-refractivity contribution >= 4 is 5.96 Å². The molecule has 7 nitrogen and oxygen atoms in total. The Morgan fingerprint density at radius 2 is 1.86 bits per heavy atom. The molecule has 1 aromatic carbocycles. The molecule has 2 aliphatic rings. The van der Waals surface area contributed by atoms with Gasteiger partial charge in [0, 0.05) is 66.1 Å². The van der Waals surface area contributed by atoms with Crippen molar-refractivity contribution in [1.29, 1.82) is 0 Å².